The molecule has 0 saturated carbocycles. The Morgan fingerprint density at radius 3 is 3.18 bits per heavy atom. The fraction of sp³-hybridized carbons (Fsp3) is 0.400. The van der Waals surface area contributed by atoms with E-state index < -0.39 is 6.10 Å². The topological polar surface area (TPSA) is 78.4 Å². The van der Waals surface area contributed by atoms with Gasteiger partial charge in [0.15, 0.2) is 0 Å². The number of anilines is 1. The molecule has 2 atom stereocenters. The number of hydrogen-bond donors (Lipinski definition) is 2. The maximum Gasteiger partial charge on any atom is 0.323 e. The molecule has 0 aromatic carbocycles. The molecular formula is C15H18N4O2S. The van der Waals surface area contributed by atoms with Crippen LogP contribution in [0.4, 0.5) is 10.6 Å². The molecule has 1 aliphatic heterocycles. The van der Waals surface area contributed by atoms with Crippen LogP contribution < -0.4 is 5.32 Å². The van der Waals surface area contributed by atoms with Gasteiger partial charge in [0, 0.05) is 23.7 Å². The second-order valence-electron chi connectivity index (χ2n) is 5.28. The Bertz CT molecular complexity index is 605. The summed E-state index contributed by atoms with van der Waals surface area (Å²) in [6, 6.07) is 5.40. The third kappa shape index (κ3) is 3.42. The minimum absolute atomic E-state index is 0.0546. The molecule has 2 amide bonds. The van der Waals surface area contributed by atoms with Crippen LogP contribution in [0.2, 0.25) is 0 Å². The maximum atomic E-state index is 12.4. The van der Waals surface area contributed by atoms with Crippen LogP contribution in [0.1, 0.15) is 30.2 Å². The molecule has 116 valence electrons. The lowest BCUT2D eigenvalue weighted by Gasteiger charge is -2.26. The lowest BCUT2D eigenvalue weighted by Crippen LogP contribution is -2.39. The van der Waals surface area contributed by atoms with Gasteiger partial charge in [-0.3, -0.25) is 5.32 Å². The number of rotatable bonds is 4. The van der Waals surface area contributed by atoms with Crippen molar-refractivity contribution in [1.29, 1.82) is 0 Å². The SMILES string of the molecule is O=C(Nc1ccncn1)N1CCC[C@@H]1C[C@H](O)c1cccs1. The first kappa shape index (κ1) is 14.9. The fourth-order valence-corrected chi connectivity index (χ4v) is 3.47. The van der Waals surface area contributed by atoms with E-state index in [2.05, 4.69) is 15.3 Å². The molecule has 0 aliphatic carbocycles. The highest BCUT2D eigenvalue weighted by Gasteiger charge is 2.31. The molecule has 3 rings (SSSR count). The maximum absolute atomic E-state index is 12.4. The number of carbonyl (C=O) groups excluding carboxylic acids is 1. The normalized spacial score (nSPS) is 19.1. The highest BCUT2D eigenvalue weighted by molar-refractivity contribution is 7.10. The average molecular weight is 318 g/mol. The molecule has 2 aromatic heterocycles. The van der Waals surface area contributed by atoms with E-state index in [1.54, 1.807) is 28.5 Å². The van der Waals surface area contributed by atoms with Gasteiger partial charge in [-0.2, -0.15) is 0 Å². The van der Waals surface area contributed by atoms with Crippen LogP contribution in [0.5, 0.6) is 0 Å². The molecule has 6 nitrogen and oxygen atoms in total. The Kier molecular flexibility index (Phi) is 4.65. The molecular weight excluding hydrogens is 300 g/mol. The summed E-state index contributed by atoms with van der Waals surface area (Å²) in [5.74, 6) is 0.490. The summed E-state index contributed by atoms with van der Waals surface area (Å²) in [6.07, 6.45) is 4.91. The number of thiophene rings is 1. The molecule has 1 aliphatic rings. The second kappa shape index (κ2) is 6.85. The Morgan fingerprint density at radius 2 is 2.45 bits per heavy atom. The monoisotopic (exact) mass is 318 g/mol. The molecule has 2 aromatic rings. The van der Waals surface area contributed by atoms with E-state index in [4.69, 9.17) is 0 Å². The summed E-state index contributed by atoms with van der Waals surface area (Å²) in [7, 11) is 0. The van der Waals surface area contributed by atoms with Crippen LogP contribution in [0.3, 0.4) is 0 Å². The van der Waals surface area contributed by atoms with Gasteiger partial charge in [-0.1, -0.05) is 6.07 Å². The molecule has 3 heterocycles. The van der Waals surface area contributed by atoms with Crippen molar-refractivity contribution in [3.05, 3.63) is 41.0 Å². The van der Waals surface area contributed by atoms with Crippen molar-refractivity contribution in [2.45, 2.75) is 31.4 Å². The summed E-state index contributed by atoms with van der Waals surface area (Å²) >= 11 is 1.54. The standard InChI is InChI=1S/C15H18N4O2S/c20-12(13-4-2-8-22-13)9-11-3-1-7-19(11)15(21)18-14-5-6-16-10-17-14/h2,4-6,8,10-12,20H,1,3,7,9H2,(H,16,17,18,21)/t11-,12+/m1/s1. The number of nitrogens with one attached hydrogen (secondary N) is 1. The Morgan fingerprint density at radius 1 is 1.55 bits per heavy atom. The Balaban J connectivity index is 1.61. The van der Waals surface area contributed by atoms with Gasteiger partial charge >= 0.3 is 6.03 Å². The van der Waals surface area contributed by atoms with Crippen molar-refractivity contribution in [2.24, 2.45) is 0 Å². The molecule has 0 spiro atoms. The zero-order valence-corrected chi connectivity index (χ0v) is 12.9. The van der Waals surface area contributed by atoms with E-state index in [0.717, 1.165) is 17.7 Å². The number of amides is 2. The zero-order chi connectivity index (χ0) is 15.4. The van der Waals surface area contributed by atoms with Crippen LogP contribution in [-0.2, 0) is 0 Å². The molecule has 0 unspecified atom stereocenters. The summed E-state index contributed by atoms with van der Waals surface area (Å²) in [5.41, 5.74) is 0. The largest absolute Gasteiger partial charge is 0.387 e. The van der Waals surface area contributed by atoms with Crippen molar-refractivity contribution >= 4 is 23.2 Å². The first-order valence-electron chi connectivity index (χ1n) is 7.29. The molecule has 22 heavy (non-hydrogen) atoms. The van der Waals surface area contributed by atoms with E-state index in [1.165, 1.54) is 6.33 Å². The summed E-state index contributed by atoms with van der Waals surface area (Å²) in [4.78, 5) is 22.9. The van der Waals surface area contributed by atoms with E-state index >= 15 is 0 Å². The predicted octanol–water partition coefficient (Wildman–Crippen LogP) is 2.66. The molecule has 1 fully saturated rings. The minimum atomic E-state index is -0.516. The van der Waals surface area contributed by atoms with Crippen molar-refractivity contribution in [1.82, 2.24) is 14.9 Å². The highest BCUT2D eigenvalue weighted by atomic mass is 32.1. The number of likely N-dealkylation sites (tertiary alicyclic amines) is 1. The van der Waals surface area contributed by atoms with Gasteiger partial charge in [-0.15, -0.1) is 11.3 Å². The average Bonchev–Trinajstić information content (AvgIpc) is 3.19. The first-order chi connectivity index (χ1) is 10.7. The quantitative estimate of drug-likeness (QED) is 0.908. The van der Waals surface area contributed by atoms with Crippen LogP contribution in [0.15, 0.2) is 36.1 Å². The summed E-state index contributed by atoms with van der Waals surface area (Å²) < 4.78 is 0. The summed E-state index contributed by atoms with van der Waals surface area (Å²) in [5, 5.41) is 15.0. The van der Waals surface area contributed by atoms with Crippen molar-refractivity contribution in [3.63, 3.8) is 0 Å². The first-order valence-corrected chi connectivity index (χ1v) is 8.17. The molecule has 1 saturated heterocycles. The van der Waals surface area contributed by atoms with Crippen LogP contribution in [0, 0.1) is 0 Å². The van der Waals surface area contributed by atoms with Gasteiger partial charge in [0.1, 0.15) is 12.1 Å². The van der Waals surface area contributed by atoms with E-state index in [9.17, 15) is 9.90 Å². The number of aromatic nitrogens is 2. The number of nitrogens with zero attached hydrogens (tertiary/aromatic N) is 3. The Hall–Kier alpha value is -1.99. The molecule has 7 heteroatoms. The van der Waals surface area contributed by atoms with Gasteiger partial charge in [0.2, 0.25) is 0 Å². The van der Waals surface area contributed by atoms with Gasteiger partial charge in [-0.25, -0.2) is 14.8 Å². The van der Waals surface area contributed by atoms with E-state index in [1.807, 2.05) is 17.5 Å². The molecule has 0 bridgehead atoms. The van der Waals surface area contributed by atoms with Crippen LogP contribution >= 0.6 is 11.3 Å². The van der Waals surface area contributed by atoms with Crippen molar-refractivity contribution < 1.29 is 9.90 Å². The highest BCUT2D eigenvalue weighted by Crippen LogP contribution is 2.29. The smallest absolute Gasteiger partial charge is 0.323 e. The van der Waals surface area contributed by atoms with Crippen molar-refractivity contribution in [2.75, 3.05) is 11.9 Å². The lowest BCUT2D eigenvalue weighted by atomic mass is 10.1. The number of aliphatic hydroxyl groups excluding tert-OH is 1. The third-order valence-electron chi connectivity index (χ3n) is 3.82. The zero-order valence-electron chi connectivity index (χ0n) is 12.1. The van der Waals surface area contributed by atoms with E-state index in [-0.39, 0.29) is 12.1 Å². The van der Waals surface area contributed by atoms with E-state index in [0.29, 0.717) is 18.8 Å². The summed E-state index contributed by atoms with van der Waals surface area (Å²) in [6.45, 7) is 0.707. The third-order valence-corrected chi connectivity index (χ3v) is 4.80. The van der Waals surface area contributed by atoms with Gasteiger partial charge in [0.05, 0.1) is 6.10 Å². The number of urea groups is 1. The molecule has 2 N–H and O–H groups in total. The van der Waals surface area contributed by atoms with Gasteiger partial charge in [-0.05, 0) is 36.8 Å². The van der Waals surface area contributed by atoms with Crippen molar-refractivity contribution in [3.8, 4) is 0 Å². The molecule has 0 radical (unpaired) electrons. The van der Waals surface area contributed by atoms with Crippen LogP contribution in [-0.4, -0.2) is 38.6 Å². The number of aliphatic hydroxyl groups is 1. The Labute approximate surface area is 132 Å². The predicted molar refractivity (Wildman–Crippen MR) is 84.7 cm³/mol. The minimum Gasteiger partial charge on any atom is -0.387 e. The van der Waals surface area contributed by atoms with Gasteiger partial charge < -0.3 is 10.0 Å². The van der Waals surface area contributed by atoms with Crippen LogP contribution in [0.25, 0.3) is 0 Å². The number of carbonyl (C=O) groups is 1. The lowest BCUT2D eigenvalue weighted by molar-refractivity contribution is 0.132. The fourth-order valence-electron chi connectivity index (χ4n) is 2.75. The second-order valence-corrected chi connectivity index (χ2v) is 6.26. The number of hydrogen-bond acceptors (Lipinski definition) is 5. The van der Waals surface area contributed by atoms with Gasteiger partial charge in [0.25, 0.3) is 0 Å².